The molecule has 0 radical (unpaired) electrons. The Labute approximate surface area is 165 Å². The summed E-state index contributed by atoms with van der Waals surface area (Å²) in [6.45, 7) is 1.33. The highest BCUT2D eigenvalue weighted by atomic mass is 19.2. The van der Waals surface area contributed by atoms with Crippen LogP contribution in [0.3, 0.4) is 0 Å². The van der Waals surface area contributed by atoms with E-state index in [4.69, 9.17) is 0 Å². The fourth-order valence-corrected chi connectivity index (χ4v) is 3.22. The molecule has 1 heterocycles. The second kappa shape index (κ2) is 7.80. The van der Waals surface area contributed by atoms with Gasteiger partial charge < -0.3 is 10.2 Å². The van der Waals surface area contributed by atoms with Gasteiger partial charge in [0, 0.05) is 19.0 Å². The average Bonchev–Trinajstić information content (AvgIpc) is 2.70. The molecule has 0 aromatic heterocycles. The second-order valence-electron chi connectivity index (χ2n) is 6.65. The lowest BCUT2D eigenvalue weighted by molar-refractivity contribution is -0.140. The summed E-state index contributed by atoms with van der Waals surface area (Å²) in [7, 11) is 1.41. The van der Waals surface area contributed by atoms with Gasteiger partial charge in [-0.25, -0.2) is 13.2 Å². The van der Waals surface area contributed by atoms with Crippen LogP contribution in [0.15, 0.2) is 42.1 Å². The lowest BCUT2D eigenvalue weighted by Crippen LogP contribution is -2.56. The summed E-state index contributed by atoms with van der Waals surface area (Å²) in [5.74, 6) is -4.00. The van der Waals surface area contributed by atoms with Crippen LogP contribution >= 0.6 is 0 Å². The number of likely N-dealkylation sites (N-methyl/N-ethyl adjacent to an activating group) is 1. The zero-order valence-corrected chi connectivity index (χ0v) is 15.6. The smallest absolute Gasteiger partial charge is 0.271 e. The number of amides is 2. The van der Waals surface area contributed by atoms with Crippen molar-refractivity contribution in [2.24, 2.45) is 0 Å². The molecule has 0 bridgehead atoms. The van der Waals surface area contributed by atoms with Crippen LogP contribution < -0.4 is 5.32 Å². The van der Waals surface area contributed by atoms with E-state index in [2.05, 4.69) is 5.32 Å². The van der Waals surface area contributed by atoms with E-state index in [1.165, 1.54) is 43.1 Å². The molecular formula is C21H16F3N3O2. The van der Waals surface area contributed by atoms with Gasteiger partial charge in [0.15, 0.2) is 11.6 Å². The summed E-state index contributed by atoms with van der Waals surface area (Å²) < 4.78 is 41.1. The van der Waals surface area contributed by atoms with Crippen LogP contribution in [0.4, 0.5) is 13.2 Å². The number of allylic oxidation sites excluding steroid dienone is 1. The Morgan fingerprint density at radius 3 is 2.41 bits per heavy atom. The van der Waals surface area contributed by atoms with E-state index in [0.717, 1.165) is 12.1 Å². The molecule has 8 heteroatoms. The van der Waals surface area contributed by atoms with Crippen molar-refractivity contribution in [3.05, 3.63) is 76.2 Å². The van der Waals surface area contributed by atoms with Crippen molar-refractivity contribution >= 4 is 17.4 Å². The van der Waals surface area contributed by atoms with Crippen LogP contribution in [-0.4, -0.2) is 29.8 Å². The van der Waals surface area contributed by atoms with Crippen molar-refractivity contribution in [1.82, 2.24) is 10.2 Å². The van der Waals surface area contributed by atoms with Crippen LogP contribution in [0.1, 0.15) is 23.6 Å². The second-order valence-corrected chi connectivity index (χ2v) is 6.65. The first-order chi connectivity index (χ1) is 13.7. The molecule has 1 aliphatic rings. The van der Waals surface area contributed by atoms with Gasteiger partial charge in [0.2, 0.25) is 5.91 Å². The summed E-state index contributed by atoms with van der Waals surface area (Å²) in [6.07, 6.45) is 0.151. The highest BCUT2D eigenvalue weighted by Gasteiger charge is 2.37. The number of hydrogen-bond donors (Lipinski definition) is 1. The third kappa shape index (κ3) is 3.72. The third-order valence-corrected chi connectivity index (χ3v) is 4.86. The Bertz CT molecular complexity index is 1070. The molecule has 5 nitrogen and oxygen atoms in total. The first-order valence-corrected chi connectivity index (χ1v) is 8.66. The van der Waals surface area contributed by atoms with Crippen molar-refractivity contribution in [2.75, 3.05) is 7.05 Å². The van der Waals surface area contributed by atoms with Crippen LogP contribution in [0.2, 0.25) is 0 Å². The fourth-order valence-electron chi connectivity index (χ4n) is 3.22. The molecule has 2 aromatic rings. The SMILES string of the molecule is CC(=C1NC(=O)C(Cc2ccc(F)cc2)N(C)C1=O)c1c(C#N)ccc(F)c1F. The Hall–Kier alpha value is -3.60. The minimum atomic E-state index is -1.27. The number of hydrogen-bond acceptors (Lipinski definition) is 3. The molecule has 1 saturated heterocycles. The van der Waals surface area contributed by atoms with Gasteiger partial charge in [0.1, 0.15) is 17.6 Å². The molecule has 0 aliphatic carbocycles. The molecule has 2 aromatic carbocycles. The summed E-state index contributed by atoms with van der Waals surface area (Å²) in [5.41, 5.74) is -0.162. The maximum Gasteiger partial charge on any atom is 0.271 e. The van der Waals surface area contributed by atoms with Crippen LogP contribution in [0.5, 0.6) is 0 Å². The minimum Gasteiger partial charge on any atom is -0.328 e. The summed E-state index contributed by atoms with van der Waals surface area (Å²) in [5, 5.41) is 11.7. The molecule has 0 saturated carbocycles. The normalized spacial score (nSPS) is 18.3. The zero-order valence-electron chi connectivity index (χ0n) is 15.6. The summed E-state index contributed by atoms with van der Waals surface area (Å²) >= 11 is 0. The molecule has 3 rings (SSSR count). The largest absolute Gasteiger partial charge is 0.328 e. The van der Waals surface area contributed by atoms with Gasteiger partial charge in [0.05, 0.1) is 11.6 Å². The van der Waals surface area contributed by atoms with E-state index in [-0.39, 0.29) is 28.8 Å². The van der Waals surface area contributed by atoms with Crippen LogP contribution in [-0.2, 0) is 16.0 Å². The van der Waals surface area contributed by atoms with Gasteiger partial charge in [0.25, 0.3) is 5.91 Å². The zero-order chi connectivity index (χ0) is 21.3. The van der Waals surface area contributed by atoms with Crippen LogP contribution in [0, 0.1) is 28.8 Å². The first-order valence-electron chi connectivity index (χ1n) is 8.66. The maximum absolute atomic E-state index is 14.3. The van der Waals surface area contributed by atoms with Crippen molar-refractivity contribution in [2.45, 2.75) is 19.4 Å². The van der Waals surface area contributed by atoms with Crippen molar-refractivity contribution in [3.63, 3.8) is 0 Å². The van der Waals surface area contributed by atoms with Gasteiger partial charge in [-0.05, 0) is 42.3 Å². The fraction of sp³-hybridized carbons (Fsp3) is 0.190. The number of benzene rings is 2. The number of nitriles is 1. The summed E-state index contributed by atoms with van der Waals surface area (Å²) in [4.78, 5) is 26.6. The lowest BCUT2D eigenvalue weighted by Gasteiger charge is -2.34. The number of nitrogens with zero attached hydrogens (tertiary/aromatic N) is 2. The third-order valence-electron chi connectivity index (χ3n) is 4.86. The Morgan fingerprint density at radius 2 is 1.79 bits per heavy atom. The molecule has 1 unspecified atom stereocenters. The molecule has 29 heavy (non-hydrogen) atoms. The van der Waals surface area contributed by atoms with E-state index in [1.54, 1.807) is 6.07 Å². The first kappa shape index (κ1) is 20.1. The molecule has 148 valence electrons. The van der Waals surface area contributed by atoms with Crippen molar-refractivity contribution in [1.29, 1.82) is 5.26 Å². The predicted octanol–water partition coefficient (Wildman–Crippen LogP) is 2.91. The summed E-state index contributed by atoms with van der Waals surface area (Å²) in [6, 6.07) is 8.35. The standard InChI is InChI=1S/C21H16F3N3O2/c1-11(17-13(10-25)5-8-15(23)18(17)24)19-21(29)27(2)16(20(28)26-19)9-12-3-6-14(22)7-4-12/h3-8,16H,9H2,1-2H3,(H,26,28). The van der Waals surface area contributed by atoms with Crippen molar-refractivity contribution in [3.8, 4) is 6.07 Å². The van der Waals surface area contributed by atoms with Gasteiger partial charge in [-0.15, -0.1) is 0 Å². The molecule has 1 aliphatic heterocycles. The molecule has 2 amide bonds. The quantitative estimate of drug-likeness (QED) is 0.807. The average molecular weight is 399 g/mol. The van der Waals surface area contributed by atoms with E-state index < -0.39 is 35.3 Å². The Balaban J connectivity index is 1.98. The number of rotatable bonds is 3. The highest BCUT2D eigenvalue weighted by molar-refractivity contribution is 6.09. The highest BCUT2D eigenvalue weighted by Crippen LogP contribution is 2.28. The number of piperazine rings is 1. The van der Waals surface area contributed by atoms with Gasteiger partial charge >= 0.3 is 0 Å². The Kier molecular flexibility index (Phi) is 5.41. The monoisotopic (exact) mass is 399 g/mol. The Morgan fingerprint density at radius 1 is 1.14 bits per heavy atom. The van der Waals surface area contributed by atoms with Gasteiger partial charge in [-0.1, -0.05) is 12.1 Å². The van der Waals surface area contributed by atoms with Crippen LogP contribution in [0.25, 0.3) is 5.57 Å². The molecule has 1 atom stereocenters. The number of halogens is 3. The van der Waals surface area contributed by atoms with E-state index in [1.807, 2.05) is 0 Å². The van der Waals surface area contributed by atoms with E-state index in [9.17, 15) is 28.0 Å². The van der Waals surface area contributed by atoms with E-state index >= 15 is 0 Å². The maximum atomic E-state index is 14.3. The minimum absolute atomic E-state index is 0.0519. The molecule has 0 spiro atoms. The van der Waals surface area contributed by atoms with Crippen molar-refractivity contribution < 1.29 is 22.8 Å². The molecule has 1 fully saturated rings. The number of carbonyl (C=O) groups is 2. The topological polar surface area (TPSA) is 73.2 Å². The molecule has 1 N–H and O–H groups in total. The number of nitrogens with one attached hydrogen (secondary N) is 1. The van der Waals surface area contributed by atoms with E-state index in [0.29, 0.717) is 5.56 Å². The lowest BCUT2D eigenvalue weighted by atomic mass is 9.95. The predicted molar refractivity (Wildman–Crippen MR) is 98.5 cm³/mol. The van der Waals surface area contributed by atoms with Gasteiger partial charge in [-0.2, -0.15) is 5.26 Å². The number of carbonyl (C=O) groups excluding carboxylic acids is 2. The van der Waals surface area contributed by atoms with Gasteiger partial charge in [-0.3, -0.25) is 9.59 Å². The molecular weight excluding hydrogens is 383 g/mol.